The Morgan fingerprint density at radius 1 is 1.17 bits per heavy atom. The minimum absolute atomic E-state index is 0.0105. The van der Waals surface area contributed by atoms with Crippen molar-refractivity contribution >= 4 is 11.8 Å². The van der Waals surface area contributed by atoms with Crippen LogP contribution in [-0.2, 0) is 21.4 Å². The smallest absolute Gasteiger partial charge is 0.338 e. The molecule has 1 N–H and O–H groups in total. The fourth-order valence-corrected chi connectivity index (χ4v) is 5.87. The molecule has 5 rings (SSSR count). The van der Waals surface area contributed by atoms with Crippen molar-refractivity contribution < 1.29 is 19.4 Å². The molecule has 35 heavy (non-hydrogen) atoms. The van der Waals surface area contributed by atoms with Gasteiger partial charge in [0.05, 0.1) is 24.1 Å². The van der Waals surface area contributed by atoms with Crippen molar-refractivity contribution in [1.82, 2.24) is 9.97 Å². The standard InChI is InChI=1S/C29H28N2O4/c1-3-35-28(34)20-11-9-19(10-12-20)27-30-16-21-13-14-24-18(2)25(33)22(17-32)15-29(24,26(21)31-27)23-7-5-4-6-8-23/h4-12,16-18,24,32H,3,13-15H2,1-2H3/t18-,24-,29+/m0/s1. The highest BCUT2D eigenvalue weighted by Gasteiger charge is 2.54. The molecular formula is C29H28N2O4. The number of Topliss-reactive ketones (excluding diaryl/α,β-unsaturated/α-hetero) is 1. The first-order valence-corrected chi connectivity index (χ1v) is 12.1. The maximum absolute atomic E-state index is 13.0. The van der Waals surface area contributed by atoms with E-state index in [1.807, 2.05) is 43.5 Å². The fourth-order valence-electron chi connectivity index (χ4n) is 5.87. The summed E-state index contributed by atoms with van der Waals surface area (Å²) < 4.78 is 5.09. The van der Waals surface area contributed by atoms with E-state index in [2.05, 4.69) is 17.1 Å². The van der Waals surface area contributed by atoms with Crippen LogP contribution in [-0.4, -0.2) is 33.4 Å². The first-order chi connectivity index (χ1) is 17.0. The summed E-state index contributed by atoms with van der Waals surface area (Å²) in [6, 6.07) is 17.3. The lowest BCUT2D eigenvalue weighted by Gasteiger charge is -2.50. The Hall–Kier alpha value is -3.80. The van der Waals surface area contributed by atoms with Gasteiger partial charge in [-0.3, -0.25) is 4.79 Å². The number of ether oxygens (including phenoxy) is 1. The summed E-state index contributed by atoms with van der Waals surface area (Å²) in [7, 11) is 0. The Morgan fingerprint density at radius 2 is 1.91 bits per heavy atom. The minimum Gasteiger partial charge on any atom is -0.515 e. The molecule has 1 saturated carbocycles. The molecule has 0 saturated heterocycles. The number of rotatable bonds is 4. The average molecular weight is 469 g/mol. The summed E-state index contributed by atoms with van der Waals surface area (Å²) in [6.45, 7) is 4.07. The molecule has 1 aromatic heterocycles. The minimum atomic E-state index is -0.542. The summed E-state index contributed by atoms with van der Waals surface area (Å²) in [5.74, 6) is 0.0336. The highest BCUT2D eigenvalue weighted by Crippen LogP contribution is 2.55. The number of fused-ring (bicyclic) bond motifs is 3. The van der Waals surface area contributed by atoms with Gasteiger partial charge >= 0.3 is 5.97 Å². The second kappa shape index (κ2) is 9.10. The van der Waals surface area contributed by atoms with Gasteiger partial charge in [0.2, 0.25) is 0 Å². The number of aliphatic hydroxyl groups excluding tert-OH is 1. The van der Waals surface area contributed by atoms with E-state index in [0.29, 0.717) is 30.0 Å². The molecule has 1 fully saturated rings. The number of allylic oxidation sites excluding steroid dienone is 1. The van der Waals surface area contributed by atoms with Crippen LogP contribution in [0, 0.1) is 11.8 Å². The number of benzene rings is 2. The highest BCUT2D eigenvalue weighted by atomic mass is 16.5. The number of hydrogen-bond acceptors (Lipinski definition) is 6. The monoisotopic (exact) mass is 468 g/mol. The fraction of sp³-hybridized carbons (Fsp3) is 0.310. The Kier molecular flexibility index (Phi) is 5.97. The third-order valence-corrected chi connectivity index (χ3v) is 7.55. The van der Waals surface area contributed by atoms with Gasteiger partial charge in [-0.05, 0) is 55.4 Å². The van der Waals surface area contributed by atoms with Crippen molar-refractivity contribution in [3.05, 3.63) is 95.0 Å². The second-order valence-electron chi connectivity index (χ2n) is 9.33. The molecular weight excluding hydrogens is 440 g/mol. The summed E-state index contributed by atoms with van der Waals surface area (Å²) >= 11 is 0. The number of aliphatic hydroxyl groups is 1. The third kappa shape index (κ3) is 3.73. The van der Waals surface area contributed by atoms with Gasteiger partial charge in [0.1, 0.15) is 0 Å². The van der Waals surface area contributed by atoms with Crippen LogP contribution in [0.3, 0.4) is 0 Å². The van der Waals surface area contributed by atoms with Crippen LogP contribution >= 0.6 is 0 Å². The third-order valence-electron chi connectivity index (χ3n) is 7.55. The Bertz CT molecular complexity index is 1300. The van der Waals surface area contributed by atoms with E-state index in [1.54, 1.807) is 19.1 Å². The molecule has 0 amide bonds. The predicted molar refractivity (Wildman–Crippen MR) is 132 cm³/mol. The molecule has 1 heterocycles. The molecule has 0 unspecified atom stereocenters. The molecule has 2 aliphatic carbocycles. The Labute approximate surface area is 204 Å². The quantitative estimate of drug-likeness (QED) is 0.321. The van der Waals surface area contributed by atoms with Gasteiger partial charge in [-0.1, -0.05) is 49.4 Å². The lowest BCUT2D eigenvalue weighted by Crippen LogP contribution is -2.51. The molecule has 178 valence electrons. The van der Waals surface area contributed by atoms with Crippen molar-refractivity contribution in [2.24, 2.45) is 11.8 Å². The van der Waals surface area contributed by atoms with Gasteiger partial charge in [0.25, 0.3) is 0 Å². The zero-order chi connectivity index (χ0) is 24.6. The van der Waals surface area contributed by atoms with Gasteiger partial charge in [-0.15, -0.1) is 0 Å². The molecule has 2 aliphatic rings. The van der Waals surface area contributed by atoms with Crippen molar-refractivity contribution in [1.29, 1.82) is 0 Å². The largest absolute Gasteiger partial charge is 0.515 e. The Morgan fingerprint density at radius 3 is 2.60 bits per heavy atom. The van der Waals surface area contributed by atoms with E-state index in [0.717, 1.165) is 41.5 Å². The van der Waals surface area contributed by atoms with Crippen LogP contribution in [0.25, 0.3) is 11.4 Å². The number of carbonyl (C=O) groups excluding carboxylic acids is 2. The molecule has 0 bridgehead atoms. The van der Waals surface area contributed by atoms with Gasteiger partial charge in [-0.25, -0.2) is 14.8 Å². The molecule has 6 heteroatoms. The van der Waals surface area contributed by atoms with E-state index in [4.69, 9.17) is 9.72 Å². The van der Waals surface area contributed by atoms with Crippen LogP contribution in [0.2, 0.25) is 0 Å². The number of ketones is 1. The molecule has 2 aromatic carbocycles. The first kappa shape index (κ1) is 23.0. The molecule has 0 aliphatic heterocycles. The van der Waals surface area contributed by atoms with Gasteiger partial charge in [0.15, 0.2) is 11.6 Å². The topological polar surface area (TPSA) is 89.4 Å². The SMILES string of the molecule is CCOC(=O)c1ccc(-c2ncc3c(n2)[C@@]2(c4ccccc4)CC(=CO)C(=O)[C@@H](C)[C@@H]2CC3)cc1. The molecule has 0 radical (unpaired) electrons. The van der Waals surface area contributed by atoms with E-state index in [1.165, 1.54) is 0 Å². The molecule has 6 nitrogen and oxygen atoms in total. The van der Waals surface area contributed by atoms with Crippen LogP contribution in [0.5, 0.6) is 0 Å². The van der Waals surface area contributed by atoms with E-state index in [9.17, 15) is 14.7 Å². The van der Waals surface area contributed by atoms with Crippen LogP contribution in [0.15, 0.2) is 72.6 Å². The van der Waals surface area contributed by atoms with Crippen molar-refractivity contribution in [2.75, 3.05) is 6.61 Å². The number of nitrogens with zero attached hydrogens (tertiary/aromatic N) is 2. The molecule has 0 spiro atoms. The average Bonchev–Trinajstić information content (AvgIpc) is 2.91. The number of hydrogen-bond donors (Lipinski definition) is 1. The maximum Gasteiger partial charge on any atom is 0.338 e. The zero-order valence-corrected chi connectivity index (χ0v) is 19.9. The summed E-state index contributed by atoms with van der Waals surface area (Å²) in [6.07, 6.45) is 4.91. The van der Waals surface area contributed by atoms with Gasteiger partial charge in [0, 0.05) is 28.7 Å². The number of aryl methyl sites for hydroxylation is 1. The first-order valence-electron chi connectivity index (χ1n) is 12.1. The van der Waals surface area contributed by atoms with Crippen molar-refractivity contribution in [2.45, 2.75) is 38.5 Å². The number of aromatic nitrogens is 2. The normalized spacial score (nSPS) is 24.5. The van der Waals surface area contributed by atoms with Crippen molar-refractivity contribution in [3.63, 3.8) is 0 Å². The second-order valence-corrected chi connectivity index (χ2v) is 9.33. The molecule has 3 aromatic rings. The van der Waals surface area contributed by atoms with Crippen LogP contribution in [0.4, 0.5) is 0 Å². The molecule has 3 atom stereocenters. The van der Waals surface area contributed by atoms with Crippen LogP contribution < -0.4 is 0 Å². The summed E-state index contributed by atoms with van der Waals surface area (Å²) in [5.41, 5.74) is 4.24. The Balaban J connectivity index is 1.66. The van der Waals surface area contributed by atoms with Crippen LogP contribution in [0.1, 0.15) is 53.9 Å². The predicted octanol–water partition coefficient (Wildman–Crippen LogP) is 5.22. The number of esters is 1. The van der Waals surface area contributed by atoms with Gasteiger partial charge < -0.3 is 9.84 Å². The summed E-state index contributed by atoms with van der Waals surface area (Å²) in [5, 5.41) is 9.97. The lowest BCUT2D eigenvalue weighted by atomic mass is 9.52. The van der Waals surface area contributed by atoms with Crippen molar-refractivity contribution in [3.8, 4) is 11.4 Å². The van der Waals surface area contributed by atoms with E-state index in [-0.39, 0.29) is 23.6 Å². The van der Waals surface area contributed by atoms with E-state index < -0.39 is 5.41 Å². The lowest BCUT2D eigenvalue weighted by molar-refractivity contribution is -0.123. The highest BCUT2D eigenvalue weighted by molar-refractivity contribution is 5.98. The van der Waals surface area contributed by atoms with E-state index >= 15 is 0 Å². The maximum atomic E-state index is 13.0. The zero-order valence-electron chi connectivity index (χ0n) is 19.9. The van der Waals surface area contributed by atoms with Gasteiger partial charge in [-0.2, -0.15) is 0 Å². The number of carbonyl (C=O) groups is 2. The summed E-state index contributed by atoms with van der Waals surface area (Å²) in [4.78, 5) is 34.8.